The highest BCUT2D eigenvalue weighted by atomic mass is 16.5. The Kier molecular flexibility index (Phi) is 4.28. The molecule has 26 heavy (non-hydrogen) atoms. The van der Waals surface area contributed by atoms with E-state index in [0.717, 1.165) is 33.6 Å². The minimum atomic E-state index is -0.534. The molecule has 1 amide bonds. The Hall–Kier alpha value is -2.60. The molecule has 4 rings (SSSR count). The molecule has 1 aromatic carbocycles. The van der Waals surface area contributed by atoms with E-state index in [0.29, 0.717) is 25.9 Å². The topological polar surface area (TPSA) is 82.4 Å². The van der Waals surface area contributed by atoms with Gasteiger partial charge in [0, 0.05) is 48.1 Å². The van der Waals surface area contributed by atoms with Crippen molar-refractivity contribution in [2.75, 3.05) is 13.1 Å². The third-order valence-electron chi connectivity index (χ3n) is 5.25. The molecule has 136 valence electrons. The number of aliphatic hydroxyl groups is 1. The summed E-state index contributed by atoms with van der Waals surface area (Å²) in [4.78, 5) is 17.9. The number of likely N-dealkylation sites (tertiary alicyclic amines) is 1. The van der Waals surface area contributed by atoms with Crippen molar-refractivity contribution < 1.29 is 14.4 Å². The smallest absolute Gasteiger partial charge is 0.227 e. The molecule has 1 fully saturated rings. The number of nitrogens with zero attached hydrogens (tertiary/aromatic N) is 2. The molecule has 2 atom stereocenters. The van der Waals surface area contributed by atoms with Crippen molar-refractivity contribution in [1.29, 1.82) is 0 Å². The summed E-state index contributed by atoms with van der Waals surface area (Å²) in [5.41, 5.74) is 3.94. The van der Waals surface area contributed by atoms with Crippen molar-refractivity contribution in [2.45, 2.75) is 32.8 Å². The van der Waals surface area contributed by atoms with Crippen LogP contribution in [0.2, 0.25) is 0 Å². The summed E-state index contributed by atoms with van der Waals surface area (Å²) >= 11 is 0. The van der Waals surface area contributed by atoms with Crippen molar-refractivity contribution in [3.05, 3.63) is 53.0 Å². The second-order valence-electron chi connectivity index (χ2n) is 7.22. The SMILES string of the molecule is Cc1cc(C[C@@H]2CN(C(=O)Cc3c(C)[nH]c4ccccc34)C[C@@H]2O)on1. The van der Waals surface area contributed by atoms with Crippen molar-refractivity contribution in [3.63, 3.8) is 0 Å². The van der Waals surface area contributed by atoms with Gasteiger partial charge in [0.05, 0.1) is 18.2 Å². The number of carbonyl (C=O) groups is 1. The number of para-hydroxylation sites is 1. The summed E-state index contributed by atoms with van der Waals surface area (Å²) < 4.78 is 5.25. The van der Waals surface area contributed by atoms with Gasteiger partial charge in [-0.2, -0.15) is 0 Å². The molecule has 2 aromatic heterocycles. The first-order valence-corrected chi connectivity index (χ1v) is 8.95. The largest absolute Gasteiger partial charge is 0.391 e. The number of β-amino-alcohol motifs (C(OH)–C–C–N with tert-alkyl or cyclic N) is 1. The van der Waals surface area contributed by atoms with Crippen LogP contribution in [0.15, 0.2) is 34.9 Å². The molecular formula is C20H23N3O3. The average Bonchev–Trinajstić information content (AvgIpc) is 3.27. The van der Waals surface area contributed by atoms with Crippen LogP contribution in [0.5, 0.6) is 0 Å². The average molecular weight is 353 g/mol. The summed E-state index contributed by atoms with van der Waals surface area (Å²) in [5, 5.41) is 15.3. The highest BCUT2D eigenvalue weighted by Gasteiger charge is 2.35. The molecule has 0 saturated carbocycles. The molecular weight excluding hydrogens is 330 g/mol. The van der Waals surface area contributed by atoms with E-state index in [1.165, 1.54) is 0 Å². The predicted molar refractivity (Wildman–Crippen MR) is 97.8 cm³/mol. The summed E-state index contributed by atoms with van der Waals surface area (Å²) in [6.07, 6.45) is 0.405. The fourth-order valence-electron chi connectivity index (χ4n) is 3.85. The Morgan fingerprint density at radius 3 is 2.92 bits per heavy atom. The van der Waals surface area contributed by atoms with E-state index in [2.05, 4.69) is 10.1 Å². The number of amides is 1. The van der Waals surface area contributed by atoms with Gasteiger partial charge in [-0.25, -0.2) is 0 Å². The van der Waals surface area contributed by atoms with Gasteiger partial charge in [-0.1, -0.05) is 23.4 Å². The normalized spacial score (nSPS) is 20.2. The standard InChI is InChI=1S/C20H23N3O3/c1-12-7-15(26-22-12)8-14-10-23(11-19(14)24)20(25)9-17-13(2)21-18-6-4-3-5-16(17)18/h3-7,14,19,21,24H,8-11H2,1-2H3/t14-,19+/m1/s1. The van der Waals surface area contributed by atoms with E-state index in [-0.39, 0.29) is 11.8 Å². The Balaban J connectivity index is 1.46. The Bertz CT molecular complexity index is 943. The van der Waals surface area contributed by atoms with Crippen LogP contribution < -0.4 is 0 Å². The summed E-state index contributed by atoms with van der Waals surface area (Å²) in [5.74, 6) is 0.789. The molecule has 1 aliphatic heterocycles. The van der Waals surface area contributed by atoms with Crippen LogP contribution in [0, 0.1) is 19.8 Å². The fraction of sp³-hybridized carbons (Fsp3) is 0.400. The maximum Gasteiger partial charge on any atom is 0.227 e. The molecule has 1 saturated heterocycles. The highest BCUT2D eigenvalue weighted by molar-refractivity contribution is 5.90. The summed E-state index contributed by atoms with van der Waals surface area (Å²) in [6, 6.07) is 9.91. The van der Waals surface area contributed by atoms with Crippen LogP contribution in [-0.4, -0.2) is 45.2 Å². The number of aryl methyl sites for hydroxylation is 2. The van der Waals surface area contributed by atoms with E-state index < -0.39 is 6.10 Å². The van der Waals surface area contributed by atoms with Crippen LogP contribution in [0.25, 0.3) is 10.9 Å². The van der Waals surface area contributed by atoms with Gasteiger partial charge in [-0.3, -0.25) is 4.79 Å². The second-order valence-corrected chi connectivity index (χ2v) is 7.22. The van der Waals surface area contributed by atoms with Crippen LogP contribution >= 0.6 is 0 Å². The van der Waals surface area contributed by atoms with E-state index in [1.54, 1.807) is 4.90 Å². The van der Waals surface area contributed by atoms with Crippen LogP contribution in [0.1, 0.15) is 22.7 Å². The molecule has 6 heteroatoms. The van der Waals surface area contributed by atoms with Gasteiger partial charge in [-0.05, 0) is 25.5 Å². The number of nitrogens with one attached hydrogen (secondary N) is 1. The Labute approximate surface area is 151 Å². The zero-order valence-corrected chi connectivity index (χ0v) is 15.0. The number of hydrogen-bond acceptors (Lipinski definition) is 4. The second kappa shape index (κ2) is 6.61. The molecule has 6 nitrogen and oxygen atoms in total. The van der Waals surface area contributed by atoms with Gasteiger partial charge >= 0.3 is 0 Å². The maximum absolute atomic E-state index is 12.8. The minimum absolute atomic E-state index is 0.0182. The monoisotopic (exact) mass is 353 g/mol. The number of benzene rings is 1. The Morgan fingerprint density at radius 2 is 2.15 bits per heavy atom. The molecule has 3 aromatic rings. The molecule has 0 spiro atoms. The number of hydrogen-bond donors (Lipinski definition) is 2. The molecule has 2 N–H and O–H groups in total. The zero-order valence-electron chi connectivity index (χ0n) is 15.0. The maximum atomic E-state index is 12.8. The first kappa shape index (κ1) is 16.8. The number of H-pyrrole nitrogens is 1. The third-order valence-corrected chi connectivity index (χ3v) is 5.25. The van der Waals surface area contributed by atoms with Gasteiger partial charge in [0.15, 0.2) is 0 Å². The number of aromatic nitrogens is 2. The van der Waals surface area contributed by atoms with Gasteiger partial charge in [0.2, 0.25) is 5.91 Å². The van der Waals surface area contributed by atoms with E-state index in [9.17, 15) is 9.90 Å². The number of fused-ring (bicyclic) bond motifs is 1. The molecule has 0 aliphatic carbocycles. The van der Waals surface area contributed by atoms with Crippen molar-refractivity contribution >= 4 is 16.8 Å². The van der Waals surface area contributed by atoms with Crippen molar-refractivity contribution in [2.24, 2.45) is 5.92 Å². The first-order chi connectivity index (χ1) is 12.5. The van der Waals surface area contributed by atoms with Gasteiger partial charge in [0.25, 0.3) is 0 Å². The van der Waals surface area contributed by atoms with Crippen LogP contribution in [0.4, 0.5) is 0 Å². The van der Waals surface area contributed by atoms with Gasteiger partial charge in [0.1, 0.15) is 5.76 Å². The Morgan fingerprint density at radius 1 is 1.35 bits per heavy atom. The molecule has 3 heterocycles. The minimum Gasteiger partial charge on any atom is -0.391 e. The van der Waals surface area contributed by atoms with E-state index in [4.69, 9.17) is 4.52 Å². The lowest BCUT2D eigenvalue weighted by Gasteiger charge is -2.16. The fourth-order valence-corrected chi connectivity index (χ4v) is 3.85. The molecule has 1 aliphatic rings. The molecule has 0 radical (unpaired) electrons. The van der Waals surface area contributed by atoms with Crippen LogP contribution in [-0.2, 0) is 17.6 Å². The lowest BCUT2D eigenvalue weighted by Crippen LogP contribution is -2.31. The summed E-state index contributed by atoms with van der Waals surface area (Å²) in [6.45, 7) is 4.78. The predicted octanol–water partition coefficient (Wildman–Crippen LogP) is 2.38. The quantitative estimate of drug-likeness (QED) is 0.754. The number of carbonyl (C=O) groups excluding carboxylic acids is 1. The number of aromatic amines is 1. The lowest BCUT2D eigenvalue weighted by molar-refractivity contribution is -0.129. The number of rotatable bonds is 4. The highest BCUT2D eigenvalue weighted by Crippen LogP contribution is 2.26. The van der Waals surface area contributed by atoms with E-state index >= 15 is 0 Å². The lowest BCUT2D eigenvalue weighted by atomic mass is 10.0. The summed E-state index contributed by atoms with van der Waals surface area (Å²) in [7, 11) is 0. The van der Waals surface area contributed by atoms with Crippen molar-refractivity contribution in [1.82, 2.24) is 15.0 Å². The van der Waals surface area contributed by atoms with Gasteiger partial charge < -0.3 is 19.5 Å². The van der Waals surface area contributed by atoms with Crippen molar-refractivity contribution in [3.8, 4) is 0 Å². The van der Waals surface area contributed by atoms with Gasteiger partial charge in [-0.15, -0.1) is 0 Å². The third kappa shape index (κ3) is 3.12. The van der Waals surface area contributed by atoms with Crippen LogP contribution in [0.3, 0.4) is 0 Å². The number of aliphatic hydroxyl groups excluding tert-OH is 1. The zero-order chi connectivity index (χ0) is 18.3. The first-order valence-electron chi connectivity index (χ1n) is 8.95. The molecule has 0 bridgehead atoms. The molecule has 0 unspecified atom stereocenters. The van der Waals surface area contributed by atoms with E-state index in [1.807, 2.05) is 44.2 Å².